The lowest BCUT2D eigenvalue weighted by Gasteiger charge is -2.33. The highest BCUT2D eigenvalue weighted by Gasteiger charge is 2.29. The van der Waals surface area contributed by atoms with Gasteiger partial charge in [0, 0.05) is 38.0 Å². The number of nitrogens with zero attached hydrogens (tertiary/aromatic N) is 3. The van der Waals surface area contributed by atoms with Gasteiger partial charge in [0.05, 0.1) is 0 Å². The van der Waals surface area contributed by atoms with E-state index in [1.807, 2.05) is 41.3 Å². The van der Waals surface area contributed by atoms with Crippen LogP contribution >= 0.6 is 0 Å². The molecule has 1 aliphatic heterocycles. The Morgan fingerprint density at radius 3 is 2.57 bits per heavy atom. The number of methoxy groups -OCH3 is 1. The van der Waals surface area contributed by atoms with E-state index in [0.29, 0.717) is 5.92 Å². The molecule has 0 radical (unpaired) electrons. The van der Waals surface area contributed by atoms with Crippen LogP contribution in [-0.2, 0) is 9.53 Å². The van der Waals surface area contributed by atoms with Crippen molar-refractivity contribution in [3.8, 4) is 0 Å². The van der Waals surface area contributed by atoms with Gasteiger partial charge >= 0.3 is 0 Å². The molecule has 0 saturated carbocycles. The highest BCUT2D eigenvalue weighted by molar-refractivity contribution is 5.82. The first kappa shape index (κ1) is 15.6. The first-order valence-corrected chi connectivity index (χ1v) is 7.92. The Labute approximate surface area is 136 Å². The minimum absolute atomic E-state index is 0.0415. The van der Waals surface area contributed by atoms with E-state index in [1.54, 1.807) is 19.6 Å². The molecule has 0 spiro atoms. The lowest BCUT2D eigenvalue weighted by Crippen LogP contribution is -2.41. The van der Waals surface area contributed by atoms with Crippen LogP contribution in [0.1, 0.15) is 36.1 Å². The number of carbonyl (C=O) groups is 1. The number of hydrogen-bond acceptors (Lipinski definition) is 4. The van der Waals surface area contributed by atoms with E-state index in [2.05, 4.69) is 9.97 Å². The van der Waals surface area contributed by atoms with E-state index >= 15 is 0 Å². The monoisotopic (exact) mass is 311 g/mol. The Morgan fingerprint density at radius 2 is 1.96 bits per heavy atom. The second kappa shape index (κ2) is 7.33. The van der Waals surface area contributed by atoms with E-state index in [-0.39, 0.29) is 5.91 Å². The summed E-state index contributed by atoms with van der Waals surface area (Å²) in [4.78, 5) is 22.9. The van der Waals surface area contributed by atoms with Crippen LogP contribution in [-0.4, -0.2) is 41.0 Å². The molecule has 120 valence electrons. The SMILES string of the molecule is CO[C@@H](C(=O)N1CCC(c2ccncn2)CC1)c1ccccc1. The molecule has 2 aromatic rings. The average Bonchev–Trinajstić information content (AvgIpc) is 2.64. The topological polar surface area (TPSA) is 55.3 Å². The summed E-state index contributed by atoms with van der Waals surface area (Å²) < 4.78 is 5.45. The number of likely N-dealkylation sites (tertiary alicyclic amines) is 1. The van der Waals surface area contributed by atoms with Gasteiger partial charge in [0.2, 0.25) is 0 Å². The quantitative estimate of drug-likeness (QED) is 0.871. The lowest BCUT2D eigenvalue weighted by molar-refractivity contribution is -0.143. The number of benzene rings is 1. The van der Waals surface area contributed by atoms with E-state index in [4.69, 9.17) is 4.74 Å². The first-order chi connectivity index (χ1) is 11.3. The molecule has 1 fully saturated rings. The van der Waals surface area contributed by atoms with Crippen molar-refractivity contribution in [2.45, 2.75) is 24.9 Å². The van der Waals surface area contributed by atoms with E-state index < -0.39 is 6.10 Å². The van der Waals surface area contributed by atoms with Gasteiger partial charge in [-0.05, 0) is 24.5 Å². The van der Waals surface area contributed by atoms with Crippen LogP contribution in [0.25, 0.3) is 0 Å². The van der Waals surface area contributed by atoms with Crippen LogP contribution in [0.2, 0.25) is 0 Å². The summed E-state index contributed by atoms with van der Waals surface area (Å²) in [5.74, 6) is 0.444. The molecule has 1 aromatic carbocycles. The van der Waals surface area contributed by atoms with Crippen molar-refractivity contribution in [3.05, 3.63) is 60.2 Å². The summed E-state index contributed by atoms with van der Waals surface area (Å²) in [5, 5.41) is 0. The van der Waals surface area contributed by atoms with Crippen LogP contribution < -0.4 is 0 Å². The Bertz CT molecular complexity index is 625. The molecule has 1 aromatic heterocycles. The minimum Gasteiger partial charge on any atom is -0.367 e. The van der Waals surface area contributed by atoms with Gasteiger partial charge in [0.1, 0.15) is 6.33 Å². The summed E-state index contributed by atoms with van der Waals surface area (Å²) in [6.45, 7) is 1.47. The summed E-state index contributed by atoms with van der Waals surface area (Å²) in [6, 6.07) is 11.6. The molecule has 5 nitrogen and oxygen atoms in total. The minimum atomic E-state index is -0.521. The van der Waals surface area contributed by atoms with Crippen molar-refractivity contribution in [2.24, 2.45) is 0 Å². The van der Waals surface area contributed by atoms with Crippen LogP contribution in [0.4, 0.5) is 0 Å². The summed E-state index contributed by atoms with van der Waals surface area (Å²) in [6.07, 6.45) is 4.69. The number of ether oxygens (including phenoxy) is 1. The molecule has 0 aliphatic carbocycles. The van der Waals surface area contributed by atoms with Crippen LogP contribution in [0.15, 0.2) is 48.9 Å². The van der Waals surface area contributed by atoms with E-state index in [0.717, 1.165) is 37.2 Å². The Kier molecular flexibility index (Phi) is 4.98. The molecule has 5 heteroatoms. The Morgan fingerprint density at radius 1 is 1.22 bits per heavy atom. The predicted molar refractivity (Wildman–Crippen MR) is 86.8 cm³/mol. The summed E-state index contributed by atoms with van der Waals surface area (Å²) in [5.41, 5.74) is 1.97. The fraction of sp³-hybridized carbons (Fsp3) is 0.389. The first-order valence-electron chi connectivity index (χ1n) is 7.92. The number of aromatic nitrogens is 2. The maximum absolute atomic E-state index is 12.7. The third kappa shape index (κ3) is 3.56. The second-order valence-corrected chi connectivity index (χ2v) is 5.76. The maximum atomic E-state index is 12.7. The van der Waals surface area contributed by atoms with Crippen molar-refractivity contribution < 1.29 is 9.53 Å². The van der Waals surface area contributed by atoms with Gasteiger partial charge in [0.15, 0.2) is 6.10 Å². The normalized spacial score (nSPS) is 17.0. The molecule has 0 unspecified atom stereocenters. The molecular weight excluding hydrogens is 290 g/mol. The van der Waals surface area contributed by atoms with Crippen molar-refractivity contribution in [1.82, 2.24) is 14.9 Å². The molecule has 23 heavy (non-hydrogen) atoms. The molecule has 1 amide bonds. The van der Waals surface area contributed by atoms with Crippen LogP contribution in [0.3, 0.4) is 0 Å². The molecule has 3 rings (SSSR count). The van der Waals surface area contributed by atoms with Gasteiger partial charge in [-0.1, -0.05) is 30.3 Å². The third-order valence-corrected chi connectivity index (χ3v) is 4.39. The smallest absolute Gasteiger partial charge is 0.256 e. The van der Waals surface area contributed by atoms with Gasteiger partial charge in [-0.15, -0.1) is 0 Å². The fourth-order valence-corrected chi connectivity index (χ4v) is 3.11. The number of hydrogen-bond donors (Lipinski definition) is 0. The van der Waals surface area contributed by atoms with Crippen molar-refractivity contribution in [2.75, 3.05) is 20.2 Å². The Balaban J connectivity index is 1.64. The third-order valence-electron chi connectivity index (χ3n) is 4.39. The molecule has 1 saturated heterocycles. The number of amides is 1. The molecule has 1 atom stereocenters. The van der Waals surface area contributed by atoms with Crippen LogP contribution in [0.5, 0.6) is 0 Å². The molecule has 0 N–H and O–H groups in total. The zero-order valence-electron chi connectivity index (χ0n) is 13.3. The summed E-state index contributed by atoms with van der Waals surface area (Å²) >= 11 is 0. The number of piperidine rings is 1. The van der Waals surface area contributed by atoms with Crippen molar-refractivity contribution >= 4 is 5.91 Å². The highest BCUT2D eigenvalue weighted by Crippen LogP contribution is 2.28. The molecule has 2 heterocycles. The zero-order valence-corrected chi connectivity index (χ0v) is 13.3. The van der Waals surface area contributed by atoms with E-state index in [1.165, 1.54) is 0 Å². The van der Waals surface area contributed by atoms with Crippen molar-refractivity contribution in [1.29, 1.82) is 0 Å². The second-order valence-electron chi connectivity index (χ2n) is 5.76. The van der Waals surface area contributed by atoms with Gasteiger partial charge in [0.25, 0.3) is 5.91 Å². The summed E-state index contributed by atoms with van der Waals surface area (Å²) in [7, 11) is 1.59. The standard InChI is InChI=1S/C18H21N3O2/c1-23-17(15-5-3-2-4-6-15)18(22)21-11-8-14(9-12-21)16-7-10-19-13-20-16/h2-7,10,13-14,17H,8-9,11-12H2,1H3/t17-/m1/s1. The van der Waals surface area contributed by atoms with Gasteiger partial charge in [-0.25, -0.2) is 9.97 Å². The molecule has 1 aliphatic rings. The van der Waals surface area contributed by atoms with Crippen LogP contribution in [0, 0.1) is 0 Å². The zero-order chi connectivity index (χ0) is 16.1. The van der Waals surface area contributed by atoms with Gasteiger partial charge in [-0.2, -0.15) is 0 Å². The maximum Gasteiger partial charge on any atom is 0.256 e. The Hall–Kier alpha value is -2.27. The number of rotatable bonds is 4. The fourth-order valence-electron chi connectivity index (χ4n) is 3.11. The highest BCUT2D eigenvalue weighted by atomic mass is 16.5. The lowest BCUT2D eigenvalue weighted by atomic mass is 9.93. The van der Waals surface area contributed by atoms with Gasteiger partial charge < -0.3 is 9.64 Å². The molecule has 0 bridgehead atoms. The van der Waals surface area contributed by atoms with Gasteiger partial charge in [-0.3, -0.25) is 4.79 Å². The predicted octanol–water partition coefficient (Wildman–Crippen LogP) is 2.57. The molecular formula is C18H21N3O2. The largest absolute Gasteiger partial charge is 0.367 e. The number of carbonyl (C=O) groups excluding carboxylic acids is 1. The average molecular weight is 311 g/mol. The van der Waals surface area contributed by atoms with E-state index in [9.17, 15) is 4.79 Å². The van der Waals surface area contributed by atoms with Crippen molar-refractivity contribution in [3.63, 3.8) is 0 Å².